The molecule has 120 valence electrons. The molecule has 1 aliphatic carbocycles. The van der Waals surface area contributed by atoms with Crippen LogP contribution < -0.4 is 5.32 Å². The molecule has 1 amide bonds. The summed E-state index contributed by atoms with van der Waals surface area (Å²) in [6.45, 7) is 0. The van der Waals surface area contributed by atoms with Crippen LogP contribution in [0, 0.1) is 5.92 Å². The summed E-state index contributed by atoms with van der Waals surface area (Å²) in [6, 6.07) is 6.94. The fraction of sp³-hybridized carbons (Fsp3) is 0.529. The van der Waals surface area contributed by atoms with Crippen molar-refractivity contribution in [1.82, 2.24) is 5.32 Å². The van der Waals surface area contributed by atoms with Crippen LogP contribution in [-0.2, 0) is 16.0 Å². The third kappa shape index (κ3) is 4.73. The Morgan fingerprint density at radius 2 is 1.82 bits per heavy atom. The smallest absolute Gasteiger partial charge is 0.308 e. The van der Waals surface area contributed by atoms with Gasteiger partial charge in [0, 0.05) is 11.1 Å². The minimum atomic E-state index is -0.815. The van der Waals surface area contributed by atoms with Crippen molar-refractivity contribution in [2.24, 2.45) is 5.92 Å². The number of carboxylic acids is 1. The predicted molar refractivity (Wildman–Crippen MR) is 85.9 cm³/mol. The molecule has 0 bridgehead atoms. The van der Waals surface area contributed by atoms with E-state index in [4.69, 9.17) is 11.6 Å². The number of halogens is 1. The Morgan fingerprint density at radius 1 is 1.14 bits per heavy atom. The number of nitrogens with one attached hydrogen (secondary N) is 1. The maximum Gasteiger partial charge on any atom is 0.308 e. The lowest BCUT2D eigenvalue weighted by molar-refractivity contribution is -0.143. The summed E-state index contributed by atoms with van der Waals surface area (Å²) in [7, 11) is 0. The molecule has 4 nitrogen and oxygen atoms in total. The van der Waals surface area contributed by atoms with E-state index in [9.17, 15) is 14.7 Å². The lowest BCUT2D eigenvalue weighted by Gasteiger charge is -2.27. The highest BCUT2D eigenvalue weighted by atomic mass is 35.5. The minimum Gasteiger partial charge on any atom is -0.481 e. The molecule has 1 aromatic rings. The lowest BCUT2D eigenvalue weighted by atomic mass is 9.86. The number of hydrogen-bond donors (Lipinski definition) is 2. The van der Waals surface area contributed by atoms with E-state index in [0.29, 0.717) is 11.4 Å². The average molecular weight is 324 g/mol. The van der Waals surface area contributed by atoms with Gasteiger partial charge in [-0.15, -0.1) is 0 Å². The molecule has 2 N–H and O–H groups in total. The first-order chi connectivity index (χ1) is 10.6. The van der Waals surface area contributed by atoms with Crippen molar-refractivity contribution in [3.05, 3.63) is 34.9 Å². The number of hydrogen-bond acceptors (Lipinski definition) is 2. The maximum atomic E-state index is 12.2. The van der Waals surface area contributed by atoms with Crippen LogP contribution in [0.2, 0.25) is 5.02 Å². The van der Waals surface area contributed by atoms with Crippen LogP contribution in [0.5, 0.6) is 0 Å². The van der Waals surface area contributed by atoms with Gasteiger partial charge in [0.1, 0.15) is 0 Å². The van der Waals surface area contributed by atoms with Crippen LogP contribution in [0.15, 0.2) is 24.3 Å². The SMILES string of the molecule is O=C(Cc1ccccc1Cl)NC1CCCCCCC1C(=O)O. The van der Waals surface area contributed by atoms with Gasteiger partial charge in [0.15, 0.2) is 0 Å². The van der Waals surface area contributed by atoms with Gasteiger partial charge in [-0.2, -0.15) is 0 Å². The van der Waals surface area contributed by atoms with Gasteiger partial charge in [-0.25, -0.2) is 0 Å². The first-order valence-electron chi connectivity index (χ1n) is 7.83. The number of carbonyl (C=O) groups is 2. The quantitative estimate of drug-likeness (QED) is 0.892. The zero-order valence-electron chi connectivity index (χ0n) is 12.6. The highest BCUT2D eigenvalue weighted by molar-refractivity contribution is 6.31. The summed E-state index contributed by atoms with van der Waals surface area (Å²) >= 11 is 6.06. The normalized spacial score (nSPS) is 22.4. The van der Waals surface area contributed by atoms with E-state index < -0.39 is 11.9 Å². The first-order valence-corrected chi connectivity index (χ1v) is 8.21. The van der Waals surface area contributed by atoms with Crippen molar-refractivity contribution in [2.45, 2.75) is 51.0 Å². The topological polar surface area (TPSA) is 66.4 Å². The molecule has 22 heavy (non-hydrogen) atoms. The fourth-order valence-corrected chi connectivity index (χ4v) is 3.23. The molecular weight excluding hydrogens is 302 g/mol. The second kappa shape index (κ2) is 8.18. The van der Waals surface area contributed by atoms with E-state index >= 15 is 0 Å². The zero-order chi connectivity index (χ0) is 15.9. The van der Waals surface area contributed by atoms with E-state index in [0.717, 1.165) is 37.7 Å². The highest BCUT2D eigenvalue weighted by Gasteiger charge is 2.29. The van der Waals surface area contributed by atoms with Crippen LogP contribution >= 0.6 is 11.6 Å². The second-order valence-electron chi connectivity index (χ2n) is 5.88. The second-order valence-corrected chi connectivity index (χ2v) is 6.29. The van der Waals surface area contributed by atoms with Crippen LogP contribution in [0.3, 0.4) is 0 Å². The number of aliphatic carboxylic acids is 1. The number of benzene rings is 1. The summed E-state index contributed by atoms with van der Waals surface area (Å²) < 4.78 is 0. The Labute approximate surface area is 135 Å². The van der Waals surface area contributed by atoms with Crippen molar-refractivity contribution in [3.63, 3.8) is 0 Å². The van der Waals surface area contributed by atoms with Crippen molar-refractivity contribution >= 4 is 23.5 Å². The van der Waals surface area contributed by atoms with Crippen molar-refractivity contribution in [2.75, 3.05) is 0 Å². The van der Waals surface area contributed by atoms with Crippen LogP contribution in [0.1, 0.15) is 44.1 Å². The van der Waals surface area contributed by atoms with Gasteiger partial charge in [0.25, 0.3) is 0 Å². The Kier molecular flexibility index (Phi) is 6.25. The lowest BCUT2D eigenvalue weighted by Crippen LogP contribution is -2.44. The van der Waals surface area contributed by atoms with Crippen LogP contribution in [0.4, 0.5) is 0 Å². The molecular formula is C17H22ClNO3. The Bertz CT molecular complexity index is 532. The number of carboxylic acid groups (broad SMARTS) is 1. The molecule has 0 spiro atoms. The molecule has 2 rings (SSSR count). The molecule has 0 radical (unpaired) electrons. The standard InChI is InChI=1S/C17H22ClNO3/c18-14-9-6-5-7-12(14)11-16(20)19-15-10-4-2-1-3-8-13(15)17(21)22/h5-7,9,13,15H,1-4,8,10-11H2,(H,19,20)(H,21,22). The molecule has 0 heterocycles. The third-order valence-corrected chi connectivity index (χ3v) is 4.61. The molecule has 1 aromatic carbocycles. The summed E-state index contributed by atoms with van der Waals surface area (Å²) in [5, 5.41) is 12.9. The zero-order valence-corrected chi connectivity index (χ0v) is 13.3. The third-order valence-electron chi connectivity index (χ3n) is 4.24. The van der Waals surface area contributed by atoms with Crippen molar-refractivity contribution in [1.29, 1.82) is 0 Å². The molecule has 2 atom stereocenters. The molecule has 2 unspecified atom stereocenters. The Balaban J connectivity index is 2.00. The van der Waals surface area contributed by atoms with E-state index in [2.05, 4.69) is 5.32 Å². The monoisotopic (exact) mass is 323 g/mol. The number of rotatable bonds is 4. The molecule has 5 heteroatoms. The Morgan fingerprint density at radius 3 is 2.50 bits per heavy atom. The van der Waals surface area contributed by atoms with Crippen LogP contribution in [-0.4, -0.2) is 23.0 Å². The number of amides is 1. The van der Waals surface area contributed by atoms with E-state index in [-0.39, 0.29) is 18.4 Å². The minimum absolute atomic E-state index is 0.162. The van der Waals surface area contributed by atoms with Crippen LogP contribution in [0.25, 0.3) is 0 Å². The molecule has 0 aromatic heterocycles. The maximum absolute atomic E-state index is 12.2. The summed E-state index contributed by atoms with van der Waals surface area (Å²) in [4.78, 5) is 23.7. The van der Waals surface area contributed by atoms with E-state index in [1.807, 2.05) is 18.2 Å². The van der Waals surface area contributed by atoms with Gasteiger partial charge in [-0.05, 0) is 24.5 Å². The molecule has 0 aliphatic heterocycles. The van der Waals surface area contributed by atoms with Crippen molar-refractivity contribution in [3.8, 4) is 0 Å². The average Bonchev–Trinajstić information content (AvgIpc) is 2.44. The predicted octanol–water partition coefficient (Wildman–Crippen LogP) is 3.42. The number of carbonyl (C=O) groups excluding carboxylic acids is 1. The molecule has 1 saturated carbocycles. The van der Waals surface area contributed by atoms with E-state index in [1.54, 1.807) is 6.07 Å². The van der Waals surface area contributed by atoms with Gasteiger partial charge < -0.3 is 10.4 Å². The fourth-order valence-electron chi connectivity index (χ4n) is 3.03. The summed E-state index contributed by atoms with van der Waals surface area (Å²) in [6.07, 6.45) is 5.59. The van der Waals surface area contributed by atoms with E-state index in [1.165, 1.54) is 0 Å². The summed E-state index contributed by atoms with van der Waals surface area (Å²) in [5.41, 5.74) is 0.763. The summed E-state index contributed by atoms with van der Waals surface area (Å²) in [5.74, 6) is -1.47. The van der Waals surface area contributed by atoms with Gasteiger partial charge in [-0.1, -0.05) is 55.5 Å². The molecule has 1 aliphatic rings. The molecule has 0 saturated heterocycles. The van der Waals surface area contributed by atoms with Gasteiger partial charge in [0.05, 0.1) is 12.3 Å². The largest absolute Gasteiger partial charge is 0.481 e. The highest BCUT2D eigenvalue weighted by Crippen LogP contribution is 2.23. The van der Waals surface area contributed by atoms with Crippen molar-refractivity contribution < 1.29 is 14.7 Å². The molecule has 1 fully saturated rings. The first kappa shape index (κ1) is 16.8. The van der Waals surface area contributed by atoms with Gasteiger partial charge in [0.2, 0.25) is 5.91 Å². The van der Waals surface area contributed by atoms with Gasteiger partial charge >= 0.3 is 5.97 Å². The van der Waals surface area contributed by atoms with Gasteiger partial charge in [-0.3, -0.25) is 9.59 Å². The Hall–Kier alpha value is -1.55.